The van der Waals surface area contributed by atoms with Crippen LogP contribution in [0.1, 0.15) is 85.8 Å². The first-order chi connectivity index (χ1) is 20.0. The fourth-order valence-electron chi connectivity index (χ4n) is 3.80. The Labute approximate surface area is 259 Å². The van der Waals surface area contributed by atoms with Crippen LogP contribution in [0, 0.1) is 10.8 Å². The lowest BCUT2D eigenvalue weighted by atomic mass is 10.00. The van der Waals surface area contributed by atoms with E-state index in [-0.39, 0.29) is 33.8 Å². The molecule has 0 saturated heterocycles. The topological polar surface area (TPSA) is 103 Å². The van der Waals surface area contributed by atoms with E-state index in [1.807, 2.05) is 76.2 Å². The van der Waals surface area contributed by atoms with Crippen molar-refractivity contribution in [3.05, 3.63) is 59.7 Å². The second-order valence-corrected chi connectivity index (χ2v) is 13.3. The molecule has 2 aromatic carbocycles. The van der Waals surface area contributed by atoms with Crippen molar-refractivity contribution >= 4 is 11.4 Å². The van der Waals surface area contributed by atoms with Crippen LogP contribution in [0.3, 0.4) is 0 Å². The van der Waals surface area contributed by atoms with Gasteiger partial charge in [0.25, 0.3) is 0 Å². The molecular formula is C35H54N2O6. The van der Waals surface area contributed by atoms with Crippen molar-refractivity contribution in [2.75, 3.05) is 40.6 Å². The van der Waals surface area contributed by atoms with Crippen molar-refractivity contribution in [2.45, 2.75) is 97.1 Å². The van der Waals surface area contributed by atoms with Crippen LogP contribution in [0.4, 0.5) is 0 Å². The molecule has 0 aliphatic rings. The first-order valence-corrected chi connectivity index (χ1v) is 15.0. The van der Waals surface area contributed by atoms with Gasteiger partial charge in [-0.2, -0.15) is 0 Å². The Morgan fingerprint density at radius 1 is 0.512 bits per heavy atom. The minimum Gasteiger partial charge on any atom is -0.493 e. The number of hydrogen-bond donors (Lipinski definition) is 2. The number of benzene rings is 2. The molecule has 0 heterocycles. The van der Waals surface area contributed by atoms with Gasteiger partial charge in [0.05, 0.1) is 60.3 Å². The van der Waals surface area contributed by atoms with Crippen LogP contribution in [-0.4, -0.2) is 74.5 Å². The Bertz CT molecular complexity index is 1150. The third-order valence-corrected chi connectivity index (χ3v) is 7.59. The van der Waals surface area contributed by atoms with Gasteiger partial charge in [-0.1, -0.05) is 0 Å². The Hall–Kier alpha value is -2.78. The average Bonchev–Trinajstić information content (AvgIpc) is 2.96. The standard InChI is InChI=1S/C35H54N2O6/c1-32(2,38-9)21-24-42-33(3,4)19-22-40-28-15-11-26(12-16-28)30(36)31(37)27-13-17-29(18-14-27)41-23-20-34(5,6)43-25-35(7,8)39-10/h11-18,36-37H,19-25H2,1-10H3. The minimum absolute atomic E-state index is 0.144. The monoisotopic (exact) mass is 598 g/mol. The summed E-state index contributed by atoms with van der Waals surface area (Å²) in [5, 5.41) is 17.1. The molecule has 2 aromatic rings. The molecule has 0 spiro atoms. The molecule has 0 amide bonds. The van der Waals surface area contributed by atoms with Crippen LogP contribution in [0.25, 0.3) is 0 Å². The molecule has 43 heavy (non-hydrogen) atoms. The molecule has 0 aliphatic heterocycles. The second-order valence-electron chi connectivity index (χ2n) is 13.3. The number of hydrogen-bond acceptors (Lipinski definition) is 8. The summed E-state index contributed by atoms with van der Waals surface area (Å²) < 4.78 is 34.8. The second kappa shape index (κ2) is 15.8. The van der Waals surface area contributed by atoms with Crippen molar-refractivity contribution in [1.82, 2.24) is 0 Å². The lowest BCUT2D eigenvalue weighted by Crippen LogP contribution is -2.36. The van der Waals surface area contributed by atoms with Gasteiger partial charge in [-0.25, -0.2) is 0 Å². The highest BCUT2D eigenvalue weighted by molar-refractivity contribution is 6.51. The Balaban J connectivity index is 1.81. The SMILES string of the molecule is COC(C)(C)CCOC(C)(C)CCOc1ccc(C(=N)C(=N)c2ccc(OCCC(C)(C)OCC(C)(C)OC)cc2)cc1. The fraction of sp³-hybridized carbons (Fsp3) is 0.600. The van der Waals surface area contributed by atoms with E-state index in [4.69, 9.17) is 39.2 Å². The zero-order valence-electron chi connectivity index (χ0n) is 28.0. The Morgan fingerprint density at radius 2 is 0.884 bits per heavy atom. The maximum absolute atomic E-state index is 8.57. The average molecular weight is 599 g/mol. The van der Waals surface area contributed by atoms with E-state index >= 15 is 0 Å². The van der Waals surface area contributed by atoms with Crippen molar-refractivity contribution in [2.24, 2.45) is 0 Å². The van der Waals surface area contributed by atoms with E-state index in [0.29, 0.717) is 49.7 Å². The predicted molar refractivity (Wildman–Crippen MR) is 174 cm³/mol. The van der Waals surface area contributed by atoms with E-state index in [9.17, 15) is 0 Å². The van der Waals surface area contributed by atoms with Gasteiger partial charge in [-0.05, 0) is 110 Å². The van der Waals surface area contributed by atoms with Gasteiger partial charge < -0.3 is 28.4 Å². The summed E-state index contributed by atoms with van der Waals surface area (Å²) in [6.45, 7) is 18.4. The molecule has 8 nitrogen and oxygen atoms in total. The van der Waals surface area contributed by atoms with Gasteiger partial charge in [0.15, 0.2) is 0 Å². The molecule has 0 bridgehead atoms. The number of rotatable bonds is 20. The maximum atomic E-state index is 8.57. The first-order valence-electron chi connectivity index (χ1n) is 15.0. The quantitative estimate of drug-likeness (QED) is 0.153. The highest BCUT2D eigenvalue weighted by Crippen LogP contribution is 2.22. The van der Waals surface area contributed by atoms with Crippen molar-refractivity contribution in [3.63, 3.8) is 0 Å². The van der Waals surface area contributed by atoms with Gasteiger partial charge in [0.2, 0.25) is 0 Å². The molecule has 0 unspecified atom stereocenters. The summed E-state index contributed by atoms with van der Waals surface area (Å²) in [6.07, 6.45) is 2.27. The van der Waals surface area contributed by atoms with Gasteiger partial charge in [0, 0.05) is 38.2 Å². The normalized spacial score (nSPS) is 12.7. The molecule has 8 heteroatoms. The van der Waals surface area contributed by atoms with E-state index < -0.39 is 0 Å². The van der Waals surface area contributed by atoms with Gasteiger partial charge in [-0.15, -0.1) is 0 Å². The molecule has 0 saturated carbocycles. The van der Waals surface area contributed by atoms with Crippen LogP contribution < -0.4 is 9.47 Å². The highest BCUT2D eigenvalue weighted by Gasteiger charge is 2.25. The summed E-state index contributed by atoms with van der Waals surface area (Å²) in [5.74, 6) is 1.43. The lowest BCUT2D eigenvalue weighted by molar-refractivity contribution is -0.111. The van der Waals surface area contributed by atoms with Gasteiger partial charge >= 0.3 is 0 Å². The molecule has 2 rings (SSSR count). The molecule has 2 N–H and O–H groups in total. The number of ether oxygens (including phenoxy) is 6. The van der Waals surface area contributed by atoms with Crippen LogP contribution in [0.15, 0.2) is 48.5 Å². The van der Waals surface area contributed by atoms with Crippen molar-refractivity contribution in [1.29, 1.82) is 10.8 Å². The molecule has 240 valence electrons. The summed E-state index contributed by atoms with van der Waals surface area (Å²) in [6, 6.07) is 14.6. The minimum atomic E-state index is -0.347. The molecular weight excluding hydrogens is 544 g/mol. The third-order valence-electron chi connectivity index (χ3n) is 7.59. The Kier molecular flexibility index (Phi) is 13.4. The number of methoxy groups -OCH3 is 2. The number of nitrogens with one attached hydrogen (secondary N) is 2. The van der Waals surface area contributed by atoms with Gasteiger partial charge in [-0.3, -0.25) is 10.8 Å². The zero-order chi connectivity index (χ0) is 32.3. The van der Waals surface area contributed by atoms with Crippen LogP contribution in [0.5, 0.6) is 11.5 Å². The van der Waals surface area contributed by atoms with Crippen molar-refractivity contribution < 1.29 is 28.4 Å². The van der Waals surface area contributed by atoms with E-state index in [1.165, 1.54) is 0 Å². The van der Waals surface area contributed by atoms with E-state index in [1.54, 1.807) is 14.2 Å². The third kappa shape index (κ3) is 13.2. The van der Waals surface area contributed by atoms with E-state index in [0.717, 1.165) is 18.6 Å². The van der Waals surface area contributed by atoms with Crippen LogP contribution in [0.2, 0.25) is 0 Å². The fourth-order valence-corrected chi connectivity index (χ4v) is 3.80. The summed E-state index contributed by atoms with van der Waals surface area (Å²) in [5.41, 5.74) is 0.399. The lowest BCUT2D eigenvalue weighted by Gasteiger charge is -2.31. The predicted octanol–water partition coefficient (Wildman–Crippen LogP) is 7.49. The van der Waals surface area contributed by atoms with Crippen molar-refractivity contribution in [3.8, 4) is 11.5 Å². The summed E-state index contributed by atoms with van der Waals surface area (Å²) in [4.78, 5) is 0. The van der Waals surface area contributed by atoms with Gasteiger partial charge in [0.1, 0.15) is 11.5 Å². The van der Waals surface area contributed by atoms with E-state index in [2.05, 4.69) is 27.7 Å². The molecule has 0 aromatic heterocycles. The molecule has 0 radical (unpaired) electrons. The highest BCUT2D eigenvalue weighted by atomic mass is 16.5. The largest absolute Gasteiger partial charge is 0.493 e. The summed E-state index contributed by atoms with van der Waals surface area (Å²) >= 11 is 0. The maximum Gasteiger partial charge on any atom is 0.119 e. The zero-order valence-corrected chi connectivity index (χ0v) is 28.0. The Morgan fingerprint density at radius 3 is 1.28 bits per heavy atom. The van der Waals surface area contributed by atoms with Crippen LogP contribution >= 0.6 is 0 Å². The van der Waals surface area contributed by atoms with Crippen LogP contribution in [-0.2, 0) is 18.9 Å². The molecule has 0 atom stereocenters. The smallest absolute Gasteiger partial charge is 0.119 e. The molecule has 0 fully saturated rings. The first kappa shape index (κ1) is 36.4. The summed E-state index contributed by atoms with van der Waals surface area (Å²) in [7, 11) is 3.40. The molecule has 0 aliphatic carbocycles.